The zero-order chi connectivity index (χ0) is 28.2. The lowest BCUT2D eigenvalue weighted by Gasteiger charge is -2.25. The van der Waals surface area contributed by atoms with Crippen molar-refractivity contribution in [3.63, 3.8) is 0 Å². The number of phosphoric ester groups is 2. The number of rotatable bonds is 3. The first kappa shape index (κ1) is 27.8. The van der Waals surface area contributed by atoms with Gasteiger partial charge in [-0.15, -0.1) is 4.37 Å². The normalized spacial score (nSPS) is 38.8. The summed E-state index contributed by atoms with van der Waals surface area (Å²) in [7, 11) is -9.62. The maximum atomic E-state index is 13.0. The highest BCUT2D eigenvalue weighted by atomic mass is 32.1. The summed E-state index contributed by atoms with van der Waals surface area (Å²) in [6.45, 7) is -1.11. The number of imidazole rings is 1. The van der Waals surface area contributed by atoms with Crippen molar-refractivity contribution < 1.29 is 51.6 Å². The molecule has 2 saturated heterocycles. The van der Waals surface area contributed by atoms with Crippen LogP contribution in [0.4, 0.5) is 5.95 Å². The first-order chi connectivity index (χ1) is 19.0. The van der Waals surface area contributed by atoms with Crippen LogP contribution in [0.5, 0.6) is 5.88 Å². The molecule has 9 atom stereocenters. The van der Waals surface area contributed by atoms with E-state index in [1.165, 1.54) is 6.20 Å². The van der Waals surface area contributed by atoms with E-state index in [1.54, 1.807) is 0 Å². The molecule has 3 aliphatic rings. The summed E-state index contributed by atoms with van der Waals surface area (Å²) in [5.74, 6) is -0.675. The van der Waals surface area contributed by atoms with Gasteiger partial charge >= 0.3 is 15.6 Å². The van der Waals surface area contributed by atoms with Crippen molar-refractivity contribution in [2.24, 2.45) is 5.92 Å². The molecule has 1 saturated carbocycles. The number of nitrogens with two attached hydrogens (primary N) is 1. The molecular formula is C18H23N7O12P2S. The van der Waals surface area contributed by atoms with Crippen LogP contribution in [0, 0.1) is 5.92 Å². The highest BCUT2D eigenvalue weighted by Gasteiger charge is 2.51. The summed E-state index contributed by atoms with van der Waals surface area (Å²) >= 11 is 0.937. The molecule has 3 aromatic heterocycles. The quantitative estimate of drug-likeness (QED) is 0.234. The number of hydrogen-bond acceptors (Lipinski definition) is 16. The van der Waals surface area contributed by atoms with Gasteiger partial charge in [-0.05, 0) is 6.42 Å². The Bertz CT molecular complexity index is 1540. The molecule has 3 fully saturated rings. The van der Waals surface area contributed by atoms with Gasteiger partial charge in [-0.3, -0.25) is 32.4 Å². The fraction of sp³-hybridized carbons (Fsp3) is 0.611. The lowest BCUT2D eigenvalue weighted by atomic mass is 10.1. The summed E-state index contributed by atoms with van der Waals surface area (Å²) in [6, 6.07) is 0. The number of nitrogen functional groups attached to an aromatic ring is 1. The van der Waals surface area contributed by atoms with Crippen LogP contribution in [0.3, 0.4) is 0 Å². The van der Waals surface area contributed by atoms with E-state index in [1.807, 2.05) is 0 Å². The Hall–Kier alpha value is -2.35. The Morgan fingerprint density at radius 3 is 2.70 bits per heavy atom. The number of fused-ring (bicyclic) bond motifs is 4. The highest BCUT2D eigenvalue weighted by molar-refractivity contribution is 7.47. The van der Waals surface area contributed by atoms with Crippen molar-refractivity contribution >= 4 is 44.5 Å². The minimum Gasteiger partial charge on any atom is -0.472 e. The van der Waals surface area contributed by atoms with E-state index in [4.69, 9.17) is 33.3 Å². The predicted octanol–water partition coefficient (Wildman–Crippen LogP) is -0.313. The maximum Gasteiger partial charge on any atom is 0.472 e. The zero-order valence-corrected chi connectivity index (χ0v) is 22.8. The summed E-state index contributed by atoms with van der Waals surface area (Å²) < 4.78 is 67.5. The molecule has 0 amide bonds. The van der Waals surface area contributed by atoms with Crippen LogP contribution in [0.2, 0.25) is 0 Å². The van der Waals surface area contributed by atoms with Crippen LogP contribution in [-0.4, -0.2) is 86.9 Å². The average molecular weight is 623 g/mol. The van der Waals surface area contributed by atoms with Crippen molar-refractivity contribution in [3.05, 3.63) is 22.9 Å². The van der Waals surface area contributed by atoms with Crippen molar-refractivity contribution in [3.8, 4) is 5.88 Å². The van der Waals surface area contributed by atoms with E-state index in [0.717, 1.165) is 22.6 Å². The van der Waals surface area contributed by atoms with Crippen LogP contribution in [0.25, 0.3) is 11.2 Å². The Kier molecular flexibility index (Phi) is 7.29. The third-order valence-corrected chi connectivity index (χ3v) is 9.09. The largest absolute Gasteiger partial charge is 0.472 e. The van der Waals surface area contributed by atoms with Gasteiger partial charge in [-0.1, -0.05) is 0 Å². The standard InChI is InChI=1S/C18H23N7O12P2S/c19-18-22-15-12(16(27)23-18)20-6-25(15)17-14-13(26)10(35-17)5-33-38(28,29)36-9-2-8(34-11-3-21-40-24-11)1-7(9)4-32-39(30,31)37-14/h3,6-10,13-14,17,26H,1-2,4-5H2,(H,28,29)(H,30,31)(H3,19,22,23,27)/t7-,8-,9+,10-,13-,14-,17-/m1/s1. The molecule has 19 nitrogen and oxygen atoms in total. The van der Waals surface area contributed by atoms with Crippen LogP contribution >= 0.6 is 27.4 Å². The van der Waals surface area contributed by atoms with Gasteiger partial charge in [0, 0.05) is 12.3 Å². The van der Waals surface area contributed by atoms with E-state index >= 15 is 0 Å². The number of aromatic amines is 1. The number of nitrogens with zero attached hydrogens (tertiary/aromatic N) is 5. The van der Waals surface area contributed by atoms with Gasteiger partial charge in [0.1, 0.15) is 30.6 Å². The topological polar surface area (TPSA) is 266 Å². The fourth-order valence-corrected chi connectivity index (χ4v) is 7.21. The van der Waals surface area contributed by atoms with E-state index in [2.05, 4.69) is 23.7 Å². The highest BCUT2D eigenvalue weighted by Crippen LogP contribution is 2.54. The van der Waals surface area contributed by atoms with Gasteiger partial charge < -0.3 is 30.1 Å². The van der Waals surface area contributed by atoms with E-state index in [9.17, 15) is 28.8 Å². The number of aliphatic hydroxyl groups excluding tert-OH is 1. The van der Waals surface area contributed by atoms with Gasteiger partial charge in [-0.2, -0.15) is 9.36 Å². The molecule has 0 spiro atoms. The van der Waals surface area contributed by atoms with Gasteiger partial charge in [0.05, 0.1) is 37.4 Å². The minimum atomic E-state index is -4.89. The fourth-order valence-electron chi connectivity index (χ4n) is 4.88. The van der Waals surface area contributed by atoms with Crippen LogP contribution in [0.15, 0.2) is 17.3 Å². The van der Waals surface area contributed by atoms with Crippen molar-refractivity contribution in [2.75, 3.05) is 18.9 Å². The monoisotopic (exact) mass is 623 g/mol. The third-order valence-electron chi connectivity index (χ3n) is 6.63. The Morgan fingerprint density at radius 2 is 1.93 bits per heavy atom. The molecule has 2 aliphatic heterocycles. The van der Waals surface area contributed by atoms with Crippen molar-refractivity contribution in [1.82, 2.24) is 28.3 Å². The van der Waals surface area contributed by atoms with E-state index < -0.39 is 77.1 Å². The van der Waals surface area contributed by atoms with Crippen LogP contribution < -0.4 is 16.0 Å². The number of ether oxygens (including phenoxy) is 2. The number of phosphoric acid groups is 2. The number of nitrogens with one attached hydrogen (secondary N) is 1. The Balaban J connectivity index is 1.28. The molecule has 1 aliphatic carbocycles. The summed E-state index contributed by atoms with van der Waals surface area (Å²) in [6.07, 6.45) is -4.65. The third kappa shape index (κ3) is 5.57. The van der Waals surface area contributed by atoms with Crippen LogP contribution in [0.1, 0.15) is 19.1 Å². The molecule has 6 rings (SSSR count). The predicted molar refractivity (Wildman–Crippen MR) is 131 cm³/mol. The average Bonchev–Trinajstić information content (AvgIpc) is 3.65. The molecule has 2 bridgehead atoms. The van der Waals surface area contributed by atoms with Gasteiger partial charge in [-0.25, -0.2) is 14.1 Å². The second-order valence-corrected chi connectivity index (χ2v) is 12.7. The van der Waals surface area contributed by atoms with Crippen molar-refractivity contribution in [2.45, 2.75) is 49.6 Å². The van der Waals surface area contributed by atoms with Gasteiger partial charge in [0.2, 0.25) is 11.8 Å². The van der Waals surface area contributed by atoms with Gasteiger partial charge in [0.15, 0.2) is 17.4 Å². The van der Waals surface area contributed by atoms with Gasteiger partial charge in [0.25, 0.3) is 5.56 Å². The summed E-state index contributed by atoms with van der Waals surface area (Å²) in [5.41, 5.74) is 4.78. The molecule has 2 unspecified atom stereocenters. The molecule has 22 heteroatoms. The number of aromatic nitrogens is 6. The first-order valence-corrected chi connectivity index (χ1v) is 15.5. The minimum absolute atomic E-state index is 0.0743. The van der Waals surface area contributed by atoms with E-state index in [-0.39, 0.29) is 35.8 Å². The molecule has 40 heavy (non-hydrogen) atoms. The Morgan fingerprint density at radius 1 is 1.15 bits per heavy atom. The molecule has 0 aromatic carbocycles. The second-order valence-electron chi connectivity index (χ2n) is 9.29. The summed E-state index contributed by atoms with van der Waals surface area (Å²) in [5, 5.41) is 10.9. The molecular weight excluding hydrogens is 600 g/mol. The first-order valence-electron chi connectivity index (χ1n) is 11.8. The molecule has 5 heterocycles. The molecule has 0 radical (unpaired) electrons. The second kappa shape index (κ2) is 10.5. The van der Waals surface area contributed by atoms with Crippen LogP contribution in [-0.2, 0) is 32.0 Å². The summed E-state index contributed by atoms with van der Waals surface area (Å²) in [4.78, 5) is 43.5. The molecule has 218 valence electrons. The Labute approximate surface area is 227 Å². The van der Waals surface area contributed by atoms with Crippen molar-refractivity contribution in [1.29, 1.82) is 0 Å². The maximum absolute atomic E-state index is 13.0. The lowest BCUT2D eigenvalue weighted by Crippen LogP contribution is -2.35. The molecule has 3 aromatic rings. The SMILES string of the molecule is Nc1nc2c(ncn2[C@@H]2O[C@@H]3COP(=O)(O)O[C@H]4C[C@H](Oc5cnsn5)C[C@@H]4COP(=O)(O)O[C@@H]2[C@@H]3O)c(=O)[nH]1. The number of aliphatic hydroxyl groups is 1. The zero-order valence-electron chi connectivity index (χ0n) is 20.2. The van der Waals surface area contributed by atoms with E-state index in [0.29, 0.717) is 0 Å². The molecule has 6 N–H and O–H groups in total. The smallest absolute Gasteiger partial charge is 0.472 e. The number of hydrogen-bond donors (Lipinski definition) is 5. The number of H-pyrrole nitrogens is 1. The number of anilines is 1. The lowest BCUT2D eigenvalue weighted by molar-refractivity contribution is -0.0561.